The van der Waals surface area contributed by atoms with E-state index < -0.39 is 0 Å². The largest absolute Gasteiger partial charge is 0.477 e. The van der Waals surface area contributed by atoms with Crippen molar-refractivity contribution in [1.82, 2.24) is 4.98 Å². The topological polar surface area (TPSA) is 22.1 Å². The van der Waals surface area contributed by atoms with Crippen molar-refractivity contribution in [3.8, 4) is 5.88 Å². The predicted molar refractivity (Wildman–Crippen MR) is 52.1 cm³/mol. The third-order valence-electron chi connectivity index (χ3n) is 2.42. The van der Waals surface area contributed by atoms with Gasteiger partial charge in [0.1, 0.15) is 0 Å². The minimum atomic E-state index is 0.195. The second-order valence-electron chi connectivity index (χ2n) is 4.49. The summed E-state index contributed by atoms with van der Waals surface area (Å²) in [6.45, 7) is 7.46. The van der Waals surface area contributed by atoms with Crippen molar-refractivity contribution in [2.24, 2.45) is 0 Å². The van der Waals surface area contributed by atoms with Crippen LogP contribution in [0.1, 0.15) is 31.9 Å². The van der Waals surface area contributed by atoms with E-state index in [1.165, 1.54) is 11.1 Å². The smallest absolute Gasteiger partial charge is 0.216 e. The molecule has 0 aromatic carbocycles. The Bertz CT molecular complexity index is 325. The first-order chi connectivity index (χ1) is 6.09. The van der Waals surface area contributed by atoms with Crippen molar-refractivity contribution >= 4 is 0 Å². The van der Waals surface area contributed by atoms with Crippen molar-refractivity contribution < 1.29 is 4.74 Å². The van der Waals surface area contributed by atoms with Crippen LogP contribution in [-0.2, 0) is 11.8 Å². The van der Waals surface area contributed by atoms with Crippen LogP contribution in [-0.4, -0.2) is 11.6 Å². The third-order valence-corrected chi connectivity index (χ3v) is 2.42. The molecule has 2 nitrogen and oxygen atoms in total. The summed E-state index contributed by atoms with van der Waals surface area (Å²) in [5.74, 6) is 0.840. The molecule has 0 N–H and O–H groups in total. The predicted octanol–water partition coefficient (Wildman–Crippen LogP) is 2.31. The lowest BCUT2D eigenvalue weighted by Gasteiger charge is -2.21. The number of aromatic nitrogens is 1. The first kappa shape index (κ1) is 8.54. The van der Waals surface area contributed by atoms with E-state index >= 15 is 0 Å². The molecule has 0 radical (unpaired) electrons. The average Bonchev–Trinajstić information content (AvgIpc) is 2.48. The normalized spacial score (nSPS) is 15.3. The van der Waals surface area contributed by atoms with Crippen LogP contribution in [0.2, 0.25) is 0 Å². The standard InChI is InChI=1S/C11H15NO/c1-11(2,3)9-4-6-12-10-8(9)5-7-13-10/h4,6H,5,7H2,1-3H3. The van der Waals surface area contributed by atoms with Crippen molar-refractivity contribution in [3.05, 3.63) is 23.4 Å². The molecule has 0 unspecified atom stereocenters. The van der Waals surface area contributed by atoms with Crippen LogP contribution >= 0.6 is 0 Å². The van der Waals surface area contributed by atoms with E-state index in [0.29, 0.717) is 0 Å². The van der Waals surface area contributed by atoms with Crippen molar-refractivity contribution in [2.75, 3.05) is 6.61 Å². The molecule has 0 fully saturated rings. The summed E-state index contributed by atoms with van der Waals surface area (Å²) in [4.78, 5) is 4.21. The van der Waals surface area contributed by atoms with Gasteiger partial charge in [-0.25, -0.2) is 4.98 Å². The van der Waals surface area contributed by atoms with Crippen LogP contribution in [0.3, 0.4) is 0 Å². The Morgan fingerprint density at radius 1 is 1.38 bits per heavy atom. The lowest BCUT2D eigenvalue weighted by molar-refractivity contribution is 0.344. The summed E-state index contributed by atoms with van der Waals surface area (Å²) in [5.41, 5.74) is 2.87. The van der Waals surface area contributed by atoms with Gasteiger partial charge in [0.2, 0.25) is 5.88 Å². The maximum absolute atomic E-state index is 5.42. The molecule has 1 aromatic rings. The van der Waals surface area contributed by atoms with Gasteiger partial charge in [-0.15, -0.1) is 0 Å². The number of fused-ring (bicyclic) bond motifs is 1. The van der Waals surface area contributed by atoms with Gasteiger partial charge < -0.3 is 4.74 Å². The molecule has 0 spiro atoms. The average molecular weight is 177 g/mol. The van der Waals surface area contributed by atoms with Crippen LogP contribution in [0.5, 0.6) is 5.88 Å². The fourth-order valence-corrected chi connectivity index (χ4v) is 1.79. The Balaban J connectivity index is 2.54. The van der Waals surface area contributed by atoms with Crippen molar-refractivity contribution in [2.45, 2.75) is 32.6 Å². The van der Waals surface area contributed by atoms with Crippen LogP contribution in [0.15, 0.2) is 12.3 Å². The number of nitrogens with zero attached hydrogens (tertiary/aromatic N) is 1. The van der Waals surface area contributed by atoms with E-state index in [1.807, 2.05) is 6.20 Å². The Morgan fingerprint density at radius 3 is 2.85 bits per heavy atom. The van der Waals surface area contributed by atoms with Crippen molar-refractivity contribution in [1.29, 1.82) is 0 Å². The van der Waals surface area contributed by atoms with E-state index in [4.69, 9.17) is 4.74 Å². The molecular weight excluding hydrogens is 162 g/mol. The molecule has 2 rings (SSSR count). The van der Waals surface area contributed by atoms with Crippen LogP contribution < -0.4 is 4.74 Å². The number of rotatable bonds is 0. The molecule has 0 saturated carbocycles. The second kappa shape index (κ2) is 2.72. The molecule has 2 heteroatoms. The maximum atomic E-state index is 5.42. The van der Waals surface area contributed by atoms with E-state index in [0.717, 1.165) is 18.9 Å². The zero-order chi connectivity index (χ0) is 9.47. The van der Waals surface area contributed by atoms with Gasteiger partial charge in [0.15, 0.2) is 0 Å². The Kier molecular flexibility index (Phi) is 1.79. The highest BCUT2D eigenvalue weighted by atomic mass is 16.5. The molecule has 1 aliphatic heterocycles. The van der Waals surface area contributed by atoms with E-state index in [9.17, 15) is 0 Å². The number of hydrogen-bond acceptors (Lipinski definition) is 2. The molecule has 13 heavy (non-hydrogen) atoms. The molecule has 70 valence electrons. The van der Waals surface area contributed by atoms with Crippen LogP contribution in [0.25, 0.3) is 0 Å². The summed E-state index contributed by atoms with van der Waals surface area (Å²) < 4.78 is 5.42. The van der Waals surface area contributed by atoms with Gasteiger partial charge in [-0.05, 0) is 17.0 Å². The van der Waals surface area contributed by atoms with Gasteiger partial charge in [-0.3, -0.25) is 0 Å². The molecule has 2 heterocycles. The highest BCUT2D eigenvalue weighted by Crippen LogP contribution is 2.33. The van der Waals surface area contributed by atoms with E-state index in [-0.39, 0.29) is 5.41 Å². The fourth-order valence-electron chi connectivity index (χ4n) is 1.79. The van der Waals surface area contributed by atoms with Gasteiger partial charge in [0.05, 0.1) is 6.61 Å². The minimum Gasteiger partial charge on any atom is -0.477 e. The van der Waals surface area contributed by atoms with Gasteiger partial charge in [0.25, 0.3) is 0 Å². The summed E-state index contributed by atoms with van der Waals surface area (Å²) in [7, 11) is 0. The molecular formula is C11H15NO. The van der Waals surface area contributed by atoms with Crippen molar-refractivity contribution in [3.63, 3.8) is 0 Å². The zero-order valence-corrected chi connectivity index (χ0v) is 8.42. The molecule has 0 saturated heterocycles. The van der Waals surface area contributed by atoms with Crippen LogP contribution in [0.4, 0.5) is 0 Å². The molecule has 0 bridgehead atoms. The van der Waals surface area contributed by atoms with Crippen LogP contribution in [0, 0.1) is 0 Å². The Morgan fingerprint density at radius 2 is 2.15 bits per heavy atom. The third kappa shape index (κ3) is 1.41. The summed E-state index contributed by atoms with van der Waals surface area (Å²) in [6.07, 6.45) is 2.85. The molecule has 0 amide bonds. The first-order valence-corrected chi connectivity index (χ1v) is 4.70. The van der Waals surface area contributed by atoms with Gasteiger partial charge in [-0.2, -0.15) is 0 Å². The number of pyridine rings is 1. The first-order valence-electron chi connectivity index (χ1n) is 4.70. The minimum absolute atomic E-state index is 0.195. The van der Waals surface area contributed by atoms with E-state index in [2.05, 4.69) is 31.8 Å². The highest BCUT2D eigenvalue weighted by molar-refractivity contribution is 5.40. The lowest BCUT2D eigenvalue weighted by atomic mass is 9.84. The zero-order valence-electron chi connectivity index (χ0n) is 8.42. The SMILES string of the molecule is CC(C)(C)c1ccnc2c1CCO2. The monoisotopic (exact) mass is 177 g/mol. The molecule has 1 aliphatic rings. The lowest BCUT2D eigenvalue weighted by Crippen LogP contribution is -2.13. The Hall–Kier alpha value is -1.05. The fraction of sp³-hybridized carbons (Fsp3) is 0.545. The maximum Gasteiger partial charge on any atom is 0.216 e. The van der Waals surface area contributed by atoms with Gasteiger partial charge in [0, 0.05) is 18.2 Å². The quantitative estimate of drug-likeness (QED) is 0.606. The number of hydrogen-bond donors (Lipinski definition) is 0. The molecule has 0 aliphatic carbocycles. The summed E-state index contributed by atoms with van der Waals surface area (Å²) in [5, 5.41) is 0. The van der Waals surface area contributed by atoms with E-state index in [1.54, 1.807) is 0 Å². The van der Waals surface area contributed by atoms with Gasteiger partial charge in [-0.1, -0.05) is 20.8 Å². The molecule has 1 aromatic heterocycles. The molecule has 0 atom stereocenters. The number of ether oxygens (including phenoxy) is 1. The summed E-state index contributed by atoms with van der Waals surface area (Å²) >= 11 is 0. The second-order valence-corrected chi connectivity index (χ2v) is 4.49. The van der Waals surface area contributed by atoms with Gasteiger partial charge >= 0.3 is 0 Å². The highest BCUT2D eigenvalue weighted by Gasteiger charge is 2.24. The Labute approximate surface area is 78.9 Å². The summed E-state index contributed by atoms with van der Waals surface area (Å²) in [6, 6.07) is 2.10.